The molecular weight excluding hydrogens is 261 g/mol. The lowest BCUT2D eigenvalue weighted by Gasteiger charge is -2.08. The quantitative estimate of drug-likeness (QED) is 0.684. The van der Waals surface area contributed by atoms with Crippen LogP contribution in [0.1, 0.15) is 11.1 Å². The van der Waals surface area contributed by atoms with Crippen molar-refractivity contribution in [3.63, 3.8) is 0 Å². The second-order valence-corrected chi connectivity index (χ2v) is 4.05. The normalized spacial score (nSPS) is 9.80. The van der Waals surface area contributed by atoms with Crippen LogP contribution in [-0.4, -0.2) is 4.92 Å². The Hall–Kier alpha value is -2.94. The first-order chi connectivity index (χ1) is 9.61. The molecule has 2 aromatic rings. The summed E-state index contributed by atoms with van der Waals surface area (Å²) in [6.07, 6.45) is 0. The number of rotatable bonds is 4. The lowest BCUT2D eigenvalue weighted by Crippen LogP contribution is -2.04. The zero-order chi connectivity index (χ0) is 14.5. The van der Waals surface area contributed by atoms with Gasteiger partial charge < -0.3 is 5.32 Å². The van der Waals surface area contributed by atoms with Gasteiger partial charge >= 0.3 is 0 Å². The Balaban J connectivity index is 2.24. The van der Waals surface area contributed by atoms with Crippen LogP contribution in [0.4, 0.5) is 15.8 Å². The van der Waals surface area contributed by atoms with Gasteiger partial charge in [0.2, 0.25) is 0 Å². The van der Waals surface area contributed by atoms with Gasteiger partial charge in [-0.15, -0.1) is 0 Å². The predicted molar refractivity (Wildman–Crippen MR) is 71.5 cm³/mol. The number of nitro groups is 1. The summed E-state index contributed by atoms with van der Waals surface area (Å²) in [5.74, 6) is -0.378. The van der Waals surface area contributed by atoms with Crippen LogP contribution >= 0.6 is 0 Å². The number of hydrogen-bond acceptors (Lipinski definition) is 4. The maximum absolute atomic E-state index is 13.5. The average molecular weight is 271 g/mol. The minimum atomic E-state index is -0.579. The minimum absolute atomic E-state index is 0.124. The van der Waals surface area contributed by atoms with Crippen molar-refractivity contribution in [2.45, 2.75) is 6.54 Å². The fraction of sp³-hybridized carbons (Fsp3) is 0.0714. The average Bonchev–Trinajstić information content (AvgIpc) is 2.46. The third kappa shape index (κ3) is 2.90. The van der Waals surface area contributed by atoms with E-state index in [1.807, 2.05) is 6.07 Å². The predicted octanol–water partition coefficient (Wildman–Crippen LogP) is 3.22. The first-order valence-corrected chi connectivity index (χ1v) is 5.77. The number of nitrogens with one attached hydrogen (secondary N) is 1. The molecule has 1 N–H and O–H groups in total. The molecule has 6 heteroatoms. The maximum atomic E-state index is 13.5. The van der Waals surface area contributed by atoms with Crippen LogP contribution in [-0.2, 0) is 6.54 Å². The highest BCUT2D eigenvalue weighted by Crippen LogP contribution is 2.26. The molecule has 0 aliphatic rings. The molecule has 0 radical (unpaired) electrons. The summed E-state index contributed by atoms with van der Waals surface area (Å²) in [5.41, 5.74) is 0.650. The van der Waals surface area contributed by atoms with Crippen molar-refractivity contribution in [2.75, 3.05) is 5.32 Å². The smallest absolute Gasteiger partial charge is 0.293 e. The molecule has 0 aliphatic heterocycles. The van der Waals surface area contributed by atoms with Crippen LogP contribution in [0, 0.1) is 27.3 Å². The fourth-order valence-electron chi connectivity index (χ4n) is 1.73. The van der Waals surface area contributed by atoms with Gasteiger partial charge in [0, 0.05) is 18.2 Å². The van der Waals surface area contributed by atoms with Crippen molar-refractivity contribution in [1.29, 1.82) is 5.26 Å². The second kappa shape index (κ2) is 5.80. The first kappa shape index (κ1) is 13.5. The zero-order valence-electron chi connectivity index (χ0n) is 10.3. The molecule has 0 aliphatic carbocycles. The Bertz CT molecular complexity index is 695. The molecule has 5 nitrogen and oxygen atoms in total. The number of nitro benzene ring substituents is 1. The van der Waals surface area contributed by atoms with Gasteiger partial charge in [-0.05, 0) is 18.2 Å². The van der Waals surface area contributed by atoms with E-state index >= 15 is 0 Å². The number of hydrogen-bond donors (Lipinski definition) is 1. The lowest BCUT2D eigenvalue weighted by molar-refractivity contribution is -0.384. The summed E-state index contributed by atoms with van der Waals surface area (Å²) in [5, 5.41) is 22.5. The van der Waals surface area contributed by atoms with Gasteiger partial charge in [-0.1, -0.05) is 18.2 Å². The third-order valence-electron chi connectivity index (χ3n) is 2.75. The Morgan fingerprint density at radius 3 is 2.70 bits per heavy atom. The first-order valence-electron chi connectivity index (χ1n) is 5.77. The van der Waals surface area contributed by atoms with Crippen LogP contribution in [0.3, 0.4) is 0 Å². The highest BCUT2D eigenvalue weighted by molar-refractivity contribution is 5.64. The van der Waals surface area contributed by atoms with E-state index in [0.717, 1.165) is 0 Å². The third-order valence-corrected chi connectivity index (χ3v) is 2.75. The number of halogens is 1. The number of benzene rings is 2. The standard InChI is InChI=1S/C14H10FN3O2/c15-12-4-2-1-3-11(12)9-17-13-6-5-10(8-16)7-14(13)18(19)20/h1-7,17H,9H2. The van der Waals surface area contributed by atoms with Gasteiger partial charge in [-0.3, -0.25) is 10.1 Å². The van der Waals surface area contributed by atoms with Crippen LogP contribution < -0.4 is 5.32 Å². The number of anilines is 1. The Morgan fingerprint density at radius 1 is 1.30 bits per heavy atom. The van der Waals surface area contributed by atoms with E-state index in [-0.39, 0.29) is 29.3 Å². The molecule has 0 unspecified atom stereocenters. The van der Waals surface area contributed by atoms with Crippen molar-refractivity contribution in [1.82, 2.24) is 0 Å². The van der Waals surface area contributed by atoms with Crippen LogP contribution in [0.25, 0.3) is 0 Å². The summed E-state index contributed by atoms with van der Waals surface area (Å²) < 4.78 is 13.5. The Kier molecular flexibility index (Phi) is 3.91. The highest BCUT2D eigenvalue weighted by atomic mass is 19.1. The molecule has 100 valence electrons. The molecule has 2 rings (SSSR count). The fourth-order valence-corrected chi connectivity index (χ4v) is 1.73. The molecule has 2 aromatic carbocycles. The summed E-state index contributed by atoms with van der Waals surface area (Å²) in [7, 11) is 0. The van der Waals surface area contributed by atoms with Crippen molar-refractivity contribution >= 4 is 11.4 Å². The van der Waals surface area contributed by atoms with Crippen LogP contribution in [0.5, 0.6) is 0 Å². The van der Waals surface area contributed by atoms with Crippen molar-refractivity contribution < 1.29 is 9.31 Å². The second-order valence-electron chi connectivity index (χ2n) is 4.05. The van der Waals surface area contributed by atoms with E-state index in [1.165, 1.54) is 24.3 Å². The van der Waals surface area contributed by atoms with Gasteiger partial charge in [-0.25, -0.2) is 4.39 Å². The lowest BCUT2D eigenvalue weighted by atomic mass is 10.1. The topological polar surface area (TPSA) is 79.0 Å². The molecule has 0 heterocycles. The van der Waals surface area contributed by atoms with Gasteiger partial charge in [0.25, 0.3) is 5.69 Å². The van der Waals surface area contributed by atoms with Gasteiger partial charge in [-0.2, -0.15) is 5.26 Å². The molecule has 0 spiro atoms. The molecule has 0 amide bonds. The zero-order valence-corrected chi connectivity index (χ0v) is 10.3. The molecule has 0 fully saturated rings. The molecule has 0 atom stereocenters. The van der Waals surface area contributed by atoms with E-state index in [2.05, 4.69) is 5.32 Å². The van der Waals surface area contributed by atoms with Crippen LogP contribution in [0.15, 0.2) is 42.5 Å². The Morgan fingerprint density at radius 2 is 2.05 bits per heavy atom. The van der Waals surface area contributed by atoms with E-state index in [0.29, 0.717) is 5.56 Å². The highest BCUT2D eigenvalue weighted by Gasteiger charge is 2.14. The summed E-state index contributed by atoms with van der Waals surface area (Å²) in [6.45, 7) is 0.124. The molecular formula is C14H10FN3O2. The van der Waals surface area contributed by atoms with Crippen molar-refractivity contribution in [3.05, 3.63) is 69.5 Å². The van der Waals surface area contributed by atoms with E-state index in [9.17, 15) is 14.5 Å². The monoisotopic (exact) mass is 271 g/mol. The van der Waals surface area contributed by atoms with Crippen LogP contribution in [0.2, 0.25) is 0 Å². The van der Waals surface area contributed by atoms with Crippen molar-refractivity contribution in [3.8, 4) is 6.07 Å². The van der Waals surface area contributed by atoms with Crippen molar-refractivity contribution in [2.24, 2.45) is 0 Å². The van der Waals surface area contributed by atoms with Gasteiger partial charge in [0.1, 0.15) is 11.5 Å². The minimum Gasteiger partial charge on any atom is -0.375 e. The largest absolute Gasteiger partial charge is 0.375 e. The van der Waals surface area contributed by atoms with E-state index < -0.39 is 4.92 Å². The molecule has 0 saturated carbocycles. The van der Waals surface area contributed by atoms with Gasteiger partial charge in [0.05, 0.1) is 16.6 Å². The molecule has 0 bridgehead atoms. The summed E-state index contributed by atoms with van der Waals surface area (Å²) in [6, 6.07) is 12.1. The number of nitriles is 1. The molecule has 20 heavy (non-hydrogen) atoms. The summed E-state index contributed by atoms with van der Waals surface area (Å²) >= 11 is 0. The van der Waals surface area contributed by atoms with E-state index in [1.54, 1.807) is 18.2 Å². The SMILES string of the molecule is N#Cc1ccc(NCc2ccccc2F)c([N+](=O)[O-])c1. The summed E-state index contributed by atoms with van der Waals surface area (Å²) in [4.78, 5) is 10.4. The van der Waals surface area contributed by atoms with Gasteiger partial charge in [0.15, 0.2) is 0 Å². The molecule has 0 aromatic heterocycles. The molecule has 0 saturated heterocycles. The number of nitrogens with zero attached hydrogens (tertiary/aromatic N) is 2. The maximum Gasteiger partial charge on any atom is 0.293 e. The van der Waals surface area contributed by atoms with E-state index in [4.69, 9.17) is 5.26 Å². The Labute approximate surface area is 114 Å².